The molecule has 2 unspecified atom stereocenters. The lowest BCUT2D eigenvalue weighted by molar-refractivity contribution is -0.142. The van der Waals surface area contributed by atoms with E-state index in [0.29, 0.717) is 36.2 Å². The molecule has 0 bridgehead atoms. The summed E-state index contributed by atoms with van der Waals surface area (Å²) in [5.41, 5.74) is -0.729. The van der Waals surface area contributed by atoms with Crippen LogP contribution in [0.4, 0.5) is 13.2 Å². The Morgan fingerprint density at radius 3 is 1.87 bits per heavy atom. The fourth-order valence-electron chi connectivity index (χ4n) is 5.92. The quantitative estimate of drug-likeness (QED) is 0.329. The standard InChI is InChI=1S/C33H36Cl2F3N5O3/c1-4-46-27-19-23(33(36,37)38)9-14-26(27)32(31(45)43-17-15-42(16-18-43)20-28(44)41(2)3)39-29(21-5-10-24(34)11-6-21)30(40-32)22-7-12-25(35)13-8-22/h5-14,19,29-30,39-40H,4,15-18,20H2,1-3H3. The molecule has 8 nitrogen and oxygen atoms in total. The van der Waals surface area contributed by atoms with Gasteiger partial charge in [-0.1, -0.05) is 53.5 Å². The third kappa shape index (κ3) is 7.13. The molecule has 2 heterocycles. The molecule has 2 amide bonds. The van der Waals surface area contributed by atoms with E-state index in [1.165, 1.54) is 11.0 Å². The van der Waals surface area contributed by atoms with E-state index < -0.39 is 29.5 Å². The molecule has 2 saturated heterocycles. The van der Waals surface area contributed by atoms with Crippen molar-refractivity contribution in [1.29, 1.82) is 0 Å². The molecule has 13 heteroatoms. The third-order valence-corrected chi connectivity index (χ3v) is 8.89. The number of piperazine rings is 1. The molecule has 2 N–H and O–H groups in total. The average molecular weight is 679 g/mol. The van der Waals surface area contributed by atoms with Crippen LogP contribution < -0.4 is 15.4 Å². The van der Waals surface area contributed by atoms with Crippen LogP contribution in [0.15, 0.2) is 66.7 Å². The maximum atomic E-state index is 14.8. The van der Waals surface area contributed by atoms with Gasteiger partial charge < -0.3 is 14.5 Å². The van der Waals surface area contributed by atoms with Crippen LogP contribution in [0.5, 0.6) is 5.75 Å². The van der Waals surface area contributed by atoms with Gasteiger partial charge in [0, 0.05) is 55.9 Å². The van der Waals surface area contributed by atoms with Gasteiger partial charge in [0.25, 0.3) is 5.91 Å². The number of halogens is 5. The minimum Gasteiger partial charge on any atom is -0.493 e. The molecule has 5 rings (SSSR count). The van der Waals surface area contributed by atoms with E-state index in [1.807, 2.05) is 29.2 Å². The molecule has 0 spiro atoms. The number of carbonyl (C=O) groups excluding carboxylic acids is 2. The van der Waals surface area contributed by atoms with Gasteiger partial charge in [-0.3, -0.25) is 25.1 Å². The van der Waals surface area contributed by atoms with Gasteiger partial charge in [-0.2, -0.15) is 13.2 Å². The highest BCUT2D eigenvalue weighted by molar-refractivity contribution is 6.30. The van der Waals surface area contributed by atoms with E-state index in [-0.39, 0.29) is 36.3 Å². The summed E-state index contributed by atoms with van der Waals surface area (Å²) in [5, 5.41) is 8.10. The first-order valence-corrected chi connectivity index (χ1v) is 15.7. The van der Waals surface area contributed by atoms with Crippen LogP contribution in [0.3, 0.4) is 0 Å². The number of hydrogen-bond donors (Lipinski definition) is 2. The Kier molecular flexibility index (Phi) is 10.2. The first-order valence-electron chi connectivity index (χ1n) is 14.9. The normalized spacial score (nSPS) is 22.1. The summed E-state index contributed by atoms with van der Waals surface area (Å²) in [7, 11) is 3.38. The number of hydrogen-bond acceptors (Lipinski definition) is 6. The lowest BCUT2D eigenvalue weighted by Gasteiger charge is -2.40. The van der Waals surface area contributed by atoms with Crippen molar-refractivity contribution in [3.8, 4) is 5.75 Å². The molecule has 2 aliphatic heterocycles. The van der Waals surface area contributed by atoms with Crippen molar-refractivity contribution >= 4 is 35.0 Å². The molecule has 246 valence electrons. The van der Waals surface area contributed by atoms with Crippen LogP contribution in [0.2, 0.25) is 10.0 Å². The Bertz CT molecular complexity index is 1490. The highest BCUT2D eigenvalue weighted by Crippen LogP contribution is 2.46. The van der Waals surface area contributed by atoms with Crippen LogP contribution in [0.1, 0.15) is 41.3 Å². The number of amides is 2. The molecule has 2 fully saturated rings. The fourth-order valence-corrected chi connectivity index (χ4v) is 6.18. The monoisotopic (exact) mass is 677 g/mol. The highest BCUT2D eigenvalue weighted by Gasteiger charge is 2.55. The van der Waals surface area contributed by atoms with Crippen LogP contribution in [-0.4, -0.2) is 79.9 Å². The summed E-state index contributed by atoms with van der Waals surface area (Å²) in [6.45, 7) is 3.51. The van der Waals surface area contributed by atoms with E-state index in [2.05, 4.69) is 10.6 Å². The van der Waals surface area contributed by atoms with Crippen LogP contribution >= 0.6 is 23.2 Å². The number of alkyl halides is 3. The summed E-state index contributed by atoms with van der Waals surface area (Å²) in [6, 6.07) is 16.6. The molecule has 0 radical (unpaired) electrons. The number of likely N-dealkylation sites (N-methyl/N-ethyl adjacent to an activating group) is 1. The largest absolute Gasteiger partial charge is 0.493 e. The zero-order valence-electron chi connectivity index (χ0n) is 25.7. The Morgan fingerprint density at radius 2 is 1.41 bits per heavy atom. The second-order valence-corrected chi connectivity index (χ2v) is 12.5. The van der Waals surface area contributed by atoms with Crippen molar-refractivity contribution in [2.45, 2.75) is 30.8 Å². The van der Waals surface area contributed by atoms with E-state index >= 15 is 0 Å². The van der Waals surface area contributed by atoms with Gasteiger partial charge >= 0.3 is 6.18 Å². The predicted molar refractivity (Wildman–Crippen MR) is 171 cm³/mol. The summed E-state index contributed by atoms with van der Waals surface area (Å²) in [4.78, 5) is 32.3. The summed E-state index contributed by atoms with van der Waals surface area (Å²) in [6.07, 6.45) is -4.61. The second-order valence-electron chi connectivity index (χ2n) is 11.6. The summed E-state index contributed by atoms with van der Waals surface area (Å²) >= 11 is 12.4. The lowest BCUT2D eigenvalue weighted by atomic mass is 9.94. The predicted octanol–water partition coefficient (Wildman–Crippen LogP) is 5.47. The Labute approximate surface area is 276 Å². The summed E-state index contributed by atoms with van der Waals surface area (Å²) < 4.78 is 47.4. The maximum Gasteiger partial charge on any atom is 0.416 e. The Morgan fingerprint density at radius 1 is 0.891 bits per heavy atom. The average Bonchev–Trinajstić information content (AvgIpc) is 3.43. The van der Waals surface area contributed by atoms with Gasteiger partial charge in [-0.05, 0) is 54.4 Å². The number of nitrogens with one attached hydrogen (secondary N) is 2. The second kappa shape index (κ2) is 13.8. The van der Waals surface area contributed by atoms with Crippen molar-refractivity contribution in [1.82, 2.24) is 25.3 Å². The van der Waals surface area contributed by atoms with Gasteiger partial charge in [-0.25, -0.2) is 0 Å². The van der Waals surface area contributed by atoms with Gasteiger partial charge in [0.1, 0.15) is 5.75 Å². The SMILES string of the molecule is CCOc1cc(C(F)(F)F)ccc1C1(C(=O)N2CCN(CC(=O)N(C)C)CC2)NC(c2ccc(Cl)cc2)C(c2ccc(Cl)cc2)N1. The number of rotatable bonds is 8. The van der Waals surface area contributed by atoms with E-state index in [4.69, 9.17) is 27.9 Å². The fraction of sp³-hybridized carbons (Fsp3) is 0.394. The molecular weight excluding hydrogens is 642 g/mol. The molecule has 3 aromatic carbocycles. The lowest BCUT2D eigenvalue weighted by Crippen LogP contribution is -2.62. The van der Waals surface area contributed by atoms with Gasteiger partial charge in [0.15, 0.2) is 5.66 Å². The zero-order valence-corrected chi connectivity index (χ0v) is 27.2. The molecular formula is C33H36Cl2F3N5O3. The first kappa shape index (κ1) is 34.0. The molecule has 3 aromatic rings. The number of carbonyl (C=O) groups is 2. The van der Waals surface area contributed by atoms with Crippen molar-refractivity contribution in [3.05, 3.63) is 99.0 Å². The van der Waals surface area contributed by atoms with E-state index in [1.54, 1.807) is 50.2 Å². The van der Waals surface area contributed by atoms with E-state index in [9.17, 15) is 22.8 Å². The summed E-state index contributed by atoms with van der Waals surface area (Å²) in [5.74, 6) is -0.479. The van der Waals surface area contributed by atoms with Crippen molar-refractivity contribution in [3.63, 3.8) is 0 Å². The molecule has 0 saturated carbocycles. The van der Waals surface area contributed by atoms with Crippen LogP contribution in [0, 0.1) is 0 Å². The van der Waals surface area contributed by atoms with Crippen LogP contribution in [-0.2, 0) is 21.4 Å². The Balaban J connectivity index is 1.61. The first-order chi connectivity index (χ1) is 21.8. The topological polar surface area (TPSA) is 77.2 Å². The van der Waals surface area contributed by atoms with Crippen molar-refractivity contribution in [2.24, 2.45) is 0 Å². The number of benzene rings is 3. The smallest absolute Gasteiger partial charge is 0.416 e. The van der Waals surface area contributed by atoms with Crippen molar-refractivity contribution in [2.75, 3.05) is 53.4 Å². The van der Waals surface area contributed by atoms with Gasteiger partial charge in [-0.15, -0.1) is 0 Å². The molecule has 2 atom stereocenters. The Hall–Kier alpha value is -3.35. The minimum absolute atomic E-state index is 0.0434. The minimum atomic E-state index is -4.61. The highest BCUT2D eigenvalue weighted by atomic mass is 35.5. The molecule has 0 aliphatic carbocycles. The maximum absolute atomic E-state index is 14.8. The molecule has 46 heavy (non-hydrogen) atoms. The molecule has 2 aliphatic rings. The van der Waals surface area contributed by atoms with Gasteiger partial charge in [0.2, 0.25) is 5.91 Å². The van der Waals surface area contributed by atoms with Crippen molar-refractivity contribution < 1.29 is 27.5 Å². The van der Waals surface area contributed by atoms with Gasteiger partial charge in [0.05, 0.1) is 30.8 Å². The number of ether oxygens (including phenoxy) is 1. The van der Waals surface area contributed by atoms with Crippen LogP contribution in [0.25, 0.3) is 0 Å². The zero-order chi connectivity index (χ0) is 33.2. The third-order valence-electron chi connectivity index (χ3n) is 8.39. The van der Waals surface area contributed by atoms with E-state index in [0.717, 1.165) is 23.3 Å². The number of nitrogens with zero attached hydrogens (tertiary/aromatic N) is 3. The molecule has 0 aromatic heterocycles.